The molecule has 94 valence electrons. The fraction of sp³-hybridized carbons (Fsp3) is 0.429. The molecule has 2 nitrogen and oxygen atoms in total. The molecule has 1 aliphatic rings. The summed E-state index contributed by atoms with van der Waals surface area (Å²) in [6.07, 6.45) is 2.53. The molecule has 4 heteroatoms. The molecule has 0 radical (unpaired) electrons. The second-order valence-electron chi connectivity index (χ2n) is 4.66. The van der Waals surface area contributed by atoms with Gasteiger partial charge < -0.3 is 0 Å². The Labute approximate surface area is 104 Å². The van der Waals surface area contributed by atoms with Gasteiger partial charge in [0.2, 0.25) is 5.78 Å². The largest absolute Gasteiger partial charge is 0.290 e. The highest BCUT2D eigenvalue weighted by Gasteiger charge is 2.40. The number of nitrogens with zero attached hydrogens (tertiary/aromatic N) is 1. The van der Waals surface area contributed by atoms with Crippen molar-refractivity contribution >= 4 is 5.78 Å². The van der Waals surface area contributed by atoms with Crippen LogP contribution < -0.4 is 0 Å². The Hall–Kier alpha value is -1.76. The maximum Gasteiger partial charge on any atom is 0.202 e. The van der Waals surface area contributed by atoms with Gasteiger partial charge in [-0.3, -0.25) is 4.79 Å². The van der Waals surface area contributed by atoms with Crippen LogP contribution in [-0.4, -0.2) is 11.5 Å². The van der Waals surface area contributed by atoms with Crippen LogP contribution in [-0.2, 0) is 0 Å². The number of carbonyl (C=O) groups is 1. The van der Waals surface area contributed by atoms with Crippen molar-refractivity contribution in [2.75, 3.05) is 0 Å². The van der Waals surface area contributed by atoms with Crippen molar-refractivity contribution in [1.29, 1.82) is 5.26 Å². The number of nitriles is 1. The van der Waals surface area contributed by atoms with Gasteiger partial charge in [0.25, 0.3) is 0 Å². The number of benzene rings is 1. The van der Waals surface area contributed by atoms with Crippen LogP contribution in [0.2, 0.25) is 0 Å². The Morgan fingerprint density at radius 2 is 1.94 bits per heavy atom. The van der Waals surface area contributed by atoms with E-state index in [0.717, 1.165) is 12.5 Å². The van der Waals surface area contributed by atoms with E-state index in [9.17, 15) is 13.6 Å². The summed E-state index contributed by atoms with van der Waals surface area (Å²) >= 11 is 0. The van der Waals surface area contributed by atoms with Crippen LogP contribution in [0.5, 0.6) is 0 Å². The predicted molar refractivity (Wildman–Crippen MR) is 62.4 cm³/mol. The number of carbonyl (C=O) groups excluding carboxylic acids is 1. The van der Waals surface area contributed by atoms with E-state index in [4.69, 9.17) is 5.26 Å². The molecular weight excluding hydrogens is 236 g/mol. The first-order valence-corrected chi connectivity index (χ1v) is 6.00. The van der Waals surface area contributed by atoms with Crippen molar-refractivity contribution in [3.05, 3.63) is 35.1 Å². The van der Waals surface area contributed by atoms with Gasteiger partial charge in [0.15, 0.2) is 5.67 Å². The van der Waals surface area contributed by atoms with Crippen molar-refractivity contribution in [2.45, 2.75) is 37.8 Å². The monoisotopic (exact) mass is 249 g/mol. The van der Waals surface area contributed by atoms with Crippen LogP contribution >= 0.6 is 0 Å². The highest BCUT2D eigenvalue weighted by atomic mass is 19.1. The van der Waals surface area contributed by atoms with Gasteiger partial charge in [-0.15, -0.1) is 0 Å². The maximum atomic E-state index is 14.4. The third kappa shape index (κ3) is 2.26. The Balaban J connectivity index is 2.31. The summed E-state index contributed by atoms with van der Waals surface area (Å²) in [5, 5.41) is 8.62. The molecular formula is C14H13F2NO. The highest BCUT2D eigenvalue weighted by molar-refractivity contribution is 6.02. The first-order chi connectivity index (χ1) is 8.57. The molecule has 1 saturated carbocycles. The zero-order chi connectivity index (χ0) is 13.2. The molecule has 0 heterocycles. The number of alkyl halides is 1. The third-order valence-corrected chi connectivity index (χ3v) is 3.40. The van der Waals surface area contributed by atoms with Gasteiger partial charge in [-0.2, -0.15) is 5.26 Å². The Morgan fingerprint density at radius 1 is 1.28 bits per heavy atom. The van der Waals surface area contributed by atoms with E-state index >= 15 is 0 Å². The van der Waals surface area contributed by atoms with Gasteiger partial charge in [-0.05, 0) is 43.9 Å². The zero-order valence-electron chi connectivity index (χ0n) is 9.88. The molecule has 0 amide bonds. The summed E-state index contributed by atoms with van der Waals surface area (Å²) in [4.78, 5) is 12.0. The zero-order valence-corrected chi connectivity index (χ0v) is 9.88. The SMILES string of the molecule is N#Cc1ccc(C(=O)C2(F)CCCCC2)c(F)c1. The van der Waals surface area contributed by atoms with E-state index in [0.29, 0.717) is 12.8 Å². The fourth-order valence-electron chi connectivity index (χ4n) is 2.35. The Kier molecular flexibility index (Phi) is 3.42. The maximum absolute atomic E-state index is 14.4. The summed E-state index contributed by atoms with van der Waals surface area (Å²) in [5.41, 5.74) is -2.06. The average molecular weight is 249 g/mol. The smallest absolute Gasteiger partial charge is 0.202 e. The lowest BCUT2D eigenvalue weighted by Gasteiger charge is -2.28. The molecule has 2 rings (SSSR count). The molecule has 18 heavy (non-hydrogen) atoms. The van der Waals surface area contributed by atoms with E-state index in [1.807, 2.05) is 0 Å². The lowest BCUT2D eigenvalue weighted by molar-refractivity contribution is 0.0565. The number of rotatable bonds is 2. The molecule has 0 atom stereocenters. The molecule has 1 aliphatic carbocycles. The van der Waals surface area contributed by atoms with E-state index < -0.39 is 17.3 Å². The van der Waals surface area contributed by atoms with Gasteiger partial charge in [-0.25, -0.2) is 8.78 Å². The van der Waals surface area contributed by atoms with Gasteiger partial charge >= 0.3 is 0 Å². The molecule has 0 unspecified atom stereocenters. The molecule has 1 fully saturated rings. The molecule has 0 saturated heterocycles. The van der Waals surface area contributed by atoms with Crippen molar-refractivity contribution in [1.82, 2.24) is 0 Å². The van der Waals surface area contributed by atoms with E-state index in [-0.39, 0.29) is 24.0 Å². The summed E-state index contributed by atoms with van der Waals surface area (Å²) < 4.78 is 28.1. The summed E-state index contributed by atoms with van der Waals surface area (Å²) in [7, 11) is 0. The minimum absolute atomic E-state index is 0.126. The van der Waals surface area contributed by atoms with Crippen molar-refractivity contribution in [3.63, 3.8) is 0 Å². The first-order valence-electron chi connectivity index (χ1n) is 6.00. The van der Waals surface area contributed by atoms with Crippen LogP contribution in [0.4, 0.5) is 8.78 Å². The van der Waals surface area contributed by atoms with Crippen LogP contribution in [0.3, 0.4) is 0 Å². The van der Waals surface area contributed by atoms with Gasteiger partial charge in [0.1, 0.15) is 5.82 Å². The molecule has 0 aromatic heterocycles. The molecule has 0 spiro atoms. The highest BCUT2D eigenvalue weighted by Crippen LogP contribution is 2.35. The molecule has 1 aromatic carbocycles. The molecule has 1 aromatic rings. The minimum Gasteiger partial charge on any atom is -0.290 e. The lowest BCUT2D eigenvalue weighted by Crippen LogP contribution is -2.36. The van der Waals surface area contributed by atoms with Crippen LogP contribution in [0, 0.1) is 17.1 Å². The second kappa shape index (κ2) is 4.85. The van der Waals surface area contributed by atoms with Gasteiger partial charge in [-0.1, -0.05) is 6.42 Å². The average Bonchev–Trinajstić information content (AvgIpc) is 2.38. The molecule has 0 aliphatic heterocycles. The number of hydrogen-bond acceptors (Lipinski definition) is 2. The number of Topliss-reactive ketones (excluding diaryl/α,β-unsaturated/α-hetero) is 1. The first kappa shape index (κ1) is 12.7. The second-order valence-corrected chi connectivity index (χ2v) is 4.66. The summed E-state index contributed by atoms with van der Waals surface area (Å²) in [6.45, 7) is 0. The van der Waals surface area contributed by atoms with E-state index in [1.54, 1.807) is 6.07 Å². The third-order valence-electron chi connectivity index (χ3n) is 3.40. The van der Waals surface area contributed by atoms with Gasteiger partial charge in [0, 0.05) is 0 Å². The Bertz CT molecular complexity index is 513. The minimum atomic E-state index is -1.94. The van der Waals surface area contributed by atoms with E-state index in [1.165, 1.54) is 12.1 Å². The number of halogens is 2. The quantitative estimate of drug-likeness (QED) is 0.752. The summed E-state index contributed by atoms with van der Waals surface area (Å²) in [6, 6.07) is 5.29. The van der Waals surface area contributed by atoms with Crippen LogP contribution in [0.15, 0.2) is 18.2 Å². The number of ketones is 1. The lowest BCUT2D eigenvalue weighted by atomic mass is 9.81. The van der Waals surface area contributed by atoms with Gasteiger partial charge in [0.05, 0.1) is 17.2 Å². The van der Waals surface area contributed by atoms with Crippen molar-refractivity contribution < 1.29 is 13.6 Å². The van der Waals surface area contributed by atoms with E-state index in [2.05, 4.69) is 0 Å². The van der Waals surface area contributed by atoms with Crippen molar-refractivity contribution in [3.8, 4) is 6.07 Å². The normalized spacial score (nSPS) is 18.1. The van der Waals surface area contributed by atoms with Crippen molar-refractivity contribution in [2.24, 2.45) is 0 Å². The van der Waals surface area contributed by atoms with Crippen LogP contribution in [0.25, 0.3) is 0 Å². The standard InChI is InChI=1S/C14H13F2NO/c15-12-8-10(9-17)4-5-11(12)13(18)14(16)6-2-1-3-7-14/h4-5,8H,1-3,6-7H2. The molecule has 0 N–H and O–H groups in total. The molecule has 0 bridgehead atoms. The summed E-state index contributed by atoms with van der Waals surface area (Å²) in [5.74, 6) is -1.61. The topological polar surface area (TPSA) is 40.9 Å². The fourth-order valence-corrected chi connectivity index (χ4v) is 2.35. The number of hydrogen-bond donors (Lipinski definition) is 0. The Morgan fingerprint density at radius 3 is 2.50 bits per heavy atom. The predicted octanol–water partition coefficient (Wildman–Crippen LogP) is 3.55. The van der Waals surface area contributed by atoms with Crippen LogP contribution in [0.1, 0.15) is 48.0 Å².